The molecule has 2 aromatic heterocycles. The Kier molecular flexibility index (Phi) is 7.45. The van der Waals surface area contributed by atoms with Crippen molar-refractivity contribution in [2.24, 2.45) is 0 Å². The van der Waals surface area contributed by atoms with Gasteiger partial charge in [-0.2, -0.15) is 0 Å². The lowest BCUT2D eigenvalue weighted by Gasteiger charge is -2.10. The molecule has 204 valence electrons. The van der Waals surface area contributed by atoms with Crippen molar-refractivity contribution in [2.45, 2.75) is 13.8 Å². The third kappa shape index (κ3) is 4.78. The maximum absolute atomic E-state index is 3.36. The second-order valence-corrected chi connectivity index (χ2v) is 10.3. The Morgan fingerprint density at radius 1 is 0.452 bits per heavy atom. The fourth-order valence-corrected chi connectivity index (χ4v) is 5.76. The molecule has 0 radical (unpaired) electrons. The van der Waals surface area contributed by atoms with Gasteiger partial charge in [0.1, 0.15) is 0 Å². The molecule has 2 nitrogen and oxygen atoms in total. The molecule has 0 fully saturated rings. The highest BCUT2D eigenvalue weighted by molar-refractivity contribution is 6.15. The SMILES string of the molecule is C=CC.C=CC.c1ccc(-n2ccc3cc4cc5c(cc4cc32)c2ccccc2n5-c2ccc3ccccc3c2)cc1. The van der Waals surface area contributed by atoms with E-state index in [0.717, 1.165) is 0 Å². The molecule has 6 aromatic carbocycles. The van der Waals surface area contributed by atoms with Gasteiger partial charge in [-0.3, -0.25) is 0 Å². The van der Waals surface area contributed by atoms with Gasteiger partial charge in [0.15, 0.2) is 0 Å². The first kappa shape index (κ1) is 26.9. The standard InChI is InChI=1S/C34H22N2.2C3H6/c1-2-10-28(11-3-1)35-17-16-25-18-26-22-34-31(20-27(26)21-33(25)35)30-12-6-7-13-32(30)36(34)29-15-14-23-8-4-5-9-24(23)19-29;2*1-3-2/h1-22H;2*3H,1H2,2H3. The number of para-hydroxylation sites is 2. The largest absolute Gasteiger partial charge is 0.317 e. The first-order chi connectivity index (χ1) is 20.7. The molecule has 2 heteroatoms. The van der Waals surface area contributed by atoms with E-state index in [2.05, 4.69) is 156 Å². The average molecular weight is 543 g/mol. The number of benzene rings is 6. The molecule has 0 bridgehead atoms. The third-order valence-corrected chi connectivity index (χ3v) is 7.46. The molecule has 8 rings (SSSR count). The van der Waals surface area contributed by atoms with Gasteiger partial charge in [-0.05, 0) is 96.1 Å². The summed E-state index contributed by atoms with van der Waals surface area (Å²) in [7, 11) is 0. The van der Waals surface area contributed by atoms with Gasteiger partial charge in [0, 0.05) is 33.7 Å². The third-order valence-electron chi connectivity index (χ3n) is 7.46. The highest BCUT2D eigenvalue weighted by Crippen LogP contribution is 2.37. The van der Waals surface area contributed by atoms with E-state index in [1.54, 1.807) is 12.2 Å². The molecule has 0 saturated carbocycles. The molecule has 0 saturated heterocycles. The summed E-state index contributed by atoms with van der Waals surface area (Å²) >= 11 is 0. The van der Waals surface area contributed by atoms with Crippen molar-refractivity contribution in [3.8, 4) is 11.4 Å². The van der Waals surface area contributed by atoms with E-state index in [9.17, 15) is 0 Å². The fraction of sp³-hybridized carbons (Fsp3) is 0.0500. The highest BCUT2D eigenvalue weighted by atomic mass is 15.0. The van der Waals surface area contributed by atoms with Gasteiger partial charge in [0.25, 0.3) is 0 Å². The number of hydrogen-bond acceptors (Lipinski definition) is 0. The minimum Gasteiger partial charge on any atom is -0.317 e. The summed E-state index contributed by atoms with van der Waals surface area (Å²) in [5.41, 5.74) is 6.07. The van der Waals surface area contributed by atoms with Crippen molar-refractivity contribution in [3.63, 3.8) is 0 Å². The van der Waals surface area contributed by atoms with Crippen molar-refractivity contribution in [1.29, 1.82) is 0 Å². The summed E-state index contributed by atoms with van der Waals surface area (Å²) in [4.78, 5) is 0. The molecular weight excluding hydrogens is 508 g/mol. The Balaban J connectivity index is 0.000000488. The molecule has 0 N–H and O–H groups in total. The van der Waals surface area contributed by atoms with Crippen LogP contribution in [-0.2, 0) is 0 Å². The van der Waals surface area contributed by atoms with Crippen LogP contribution < -0.4 is 0 Å². The van der Waals surface area contributed by atoms with Gasteiger partial charge in [-0.1, -0.05) is 78.9 Å². The molecule has 42 heavy (non-hydrogen) atoms. The second kappa shape index (κ2) is 11.6. The van der Waals surface area contributed by atoms with E-state index in [1.807, 2.05) is 13.8 Å². The van der Waals surface area contributed by atoms with Crippen LogP contribution in [0.2, 0.25) is 0 Å². The van der Waals surface area contributed by atoms with Gasteiger partial charge >= 0.3 is 0 Å². The second-order valence-electron chi connectivity index (χ2n) is 10.3. The van der Waals surface area contributed by atoms with Crippen LogP contribution in [-0.4, -0.2) is 9.13 Å². The zero-order chi connectivity index (χ0) is 29.1. The molecule has 0 aliphatic heterocycles. The zero-order valence-corrected chi connectivity index (χ0v) is 24.2. The highest BCUT2D eigenvalue weighted by Gasteiger charge is 2.14. The van der Waals surface area contributed by atoms with Crippen LogP contribution in [0.3, 0.4) is 0 Å². The van der Waals surface area contributed by atoms with E-state index < -0.39 is 0 Å². The fourth-order valence-electron chi connectivity index (χ4n) is 5.76. The molecular formula is C40H34N2. The summed E-state index contributed by atoms with van der Waals surface area (Å²) in [6.45, 7) is 10.5. The van der Waals surface area contributed by atoms with Crippen LogP contribution in [0.15, 0.2) is 159 Å². The van der Waals surface area contributed by atoms with Crippen molar-refractivity contribution < 1.29 is 0 Å². The van der Waals surface area contributed by atoms with Crippen LogP contribution in [0.1, 0.15) is 13.8 Å². The predicted octanol–water partition coefficient (Wildman–Crippen LogP) is 11.4. The Hall–Kier alpha value is -5.34. The topological polar surface area (TPSA) is 9.86 Å². The smallest absolute Gasteiger partial charge is 0.0547 e. The molecule has 8 aromatic rings. The molecule has 0 aliphatic rings. The van der Waals surface area contributed by atoms with Crippen molar-refractivity contribution in [2.75, 3.05) is 0 Å². The molecule has 0 aliphatic carbocycles. The van der Waals surface area contributed by atoms with Gasteiger partial charge in [-0.15, -0.1) is 13.2 Å². The first-order valence-corrected chi connectivity index (χ1v) is 14.3. The quantitative estimate of drug-likeness (QED) is 0.192. The van der Waals surface area contributed by atoms with Crippen LogP contribution in [0.4, 0.5) is 0 Å². The van der Waals surface area contributed by atoms with E-state index in [1.165, 1.54) is 65.6 Å². The number of aromatic nitrogens is 2. The van der Waals surface area contributed by atoms with Crippen LogP contribution in [0.5, 0.6) is 0 Å². The van der Waals surface area contributed by atoms with Gasteiger partial charge in [-0.25, -0.2) is 0 Å². The van der Waals surface area contributed by atoms with E-state index in [0.29, 0.717) is 0 Å². The number of hydrogen-bond donors (Lipinski definition) is 0. The van der Waals surface area contributed by atoms with Gasteiger partial charge < -0.3 is 9.13 Å². The van der Waals surface area contributed by atoms with Crippen LogP contribution >= 0.6 is 0 Å². The number of fused-ring (bicyclic) bond motifs is 6. The molecule has 0 amide bonds. The average Bonchev–Trinajstić information content (AvgIpc) is 3.58. The Morgan fingerprint density at radius 2 is 1.10 bits per heavy atom. The first-order valence-electron chi connectivity index (χ1n) is 14.3. The Labute approximate surface area is 247 Å². The summed E-state index contributed by atoms with van der Waals surface area (Å²) in [6.07, 6.45) is 5.67. The summed E-state index contributed by atoms with van der Waals surface area (Å²) in [5.74, 6) is 0. The maximum Gasteiger partial charge on any atom is 0.0547 e. The Bertz CT molecular complexity index is 2190. The Morgan fingerprint density at radius 3 is 1.88 bits per heavy atom. The lowest BCUT2D eigenvalue weighted by atomic mass is 10.0. The molecule has 0 atom stereocenters. The molecule has 0 unspecified atom stereocenters. The minimum atomic E-state index is 1.18. The van der Waals surface area contributed by atoms with Gasteiger partial charge in [0.05, 0.1) is 16.6 Å². The maximum atomic E-state index is 3.36. The van der Waals surface area contributed by atoms with Crippen molar-refractivity contribution in [1.82, 2.24) is 9.13 Å². The number of rotatable bonds is 2. The zero-order valence-electron chi connectivity index (χ0n) is 24.2. The van der Waals surface area contributed by atoms with Crippen molar-refractivity contribution in [3.05, 3.63) is 159 Å². The summed E-state index contributed by atoms with van der Waals surface area (Å²) in [5, 5.41) is 8.84. The number of allylic oxidation sites excluding steroid dienone is 2. The summed E-state index contributed by atoms with van der Waals surface area (Å²) in [6, 6.07) is 46.2. The van der Waals surface area contributed by atoms with Gasteiger partial charge in [0.2, 0.25) is 0 Å². The van der Waals surface area contributed by atoms with Crippen LogP contribution in [0, 0.1) is 0 Å². The monoisotopic (exact) mass is 542 g/mol. The van der Waals surface area contributed by atoms with E-state index in [4.69, 9.17) is 0 Å². The van der Waals surface area contributed by atoms with Crippen LogP contribution in [0.25, 0.3) is 65.6 Å². The van der Waals surface area contributed by atoms with E-state index >= 15 is 0 Å². The van der Waals surface area contributed by atoms with E-state index in [-0.39, 0.29) is 0 Å². The minimum absolute atomic E-state index is 1.18. The van der Waals surface area contributed by atoms with Crippen molar-refractivity contribution >= 4 is 54.3 Å². The lowest BCUT2D eigenvalue weighted by molar-refractivity contribution is 1.13. The molecule has 2 heterocycles. The predicted molar refractivity (Wildman–Crippen MR) is 184 cm³/mol. The normalized spacial score (nSPS) is 10.8. The molecule has 0 spiro atoms. The lowest BCUT2D eigenvalue weighted by Crippen LogP contribution is -1.94. The summed E-state index contributed by atoms with van der Waals surface area (Å²) < 4.78 is 4.69. The number of nitrogens with zero attached hydrogens (tertiary/aromatic N) is 2.